The van der Waals surface area contributed by atoms with Gasteiger partial charge in [-0.25, -0.2) is 0 Å². The molecule has 66 valence electrons. The van der Waals surface area contributed by atoms with E-state index in [1.165, 1.54) is 0 Å². The molecular weight excluding hydrogens is 172 g/mol. The van der Waals surface area contributed by atoms with Gasteiger partial charge in [0, 0.05) is 12.7 Å². The molecule has 0 atom stereocenters. The average molecular weight is 184 g/mol. The first-order chi connectivity index (χ1) is 5.77. The predicted molar refractivity (Wildman–Crippen MR) is 49.9 cm³/mol. The minimum absolute atomic E-state index is 0.552. The summed E-state index contributed by atoms with van der Waals surface area (Å²) in [5.41, 5.74) is 0.552. The van der Waals surface area contributed by atoms with E-state index in [0.29, 0.717) is 10.5 Å². The van der Waals surface area contributed by atoms with Gasteiger partial charge in [0.2, 0.25) is 0 Å². The zero-order valence-electron chi connectivity index (χ0n) is 7.04. The molecule has 1 rings (SSSR count). The van der Waals surface area contributed by atoms with Gasteiger partial charge in [-0.2, -0.15) is 0 Å². The van der Waals surface area contributed by atoms with Crippen molar-refractivity contribution in [2.75, 3.05) is 0 Å². The third-order valence-electron chi connectivity index (χ3n) is 1.69. The van der Waals surface area contributed by atoms with Crippen molar-refractivity contribution in [3.05, 3.63) is 16.7 Å². The Balaban J connectivity index is 2.78. The summed E-state index contributed by atoms with van der Waals surface area (Å²) in [7, 11) is 0. The summed E-state index contributed by atoms with van der Waals surface area (Å²) < 4.78 is 2.52. The summed E-state index contributed by atoms with van der Waals surface area (Å²) in [4.78, 5) is 13.2. The molecule has 0 unspecified atom stereocenters. The highest BCUT2D eigenvalue weighted by Gasteiger charge is 1.97. The fourth-order valence-corrected chi connectivity index (χ4v) is 1.27. The number of imidazole rings is 1. The largest absolute Gasteiger partial charge is 0.328 e. The minimum atomic E-state index is 0.552. The van der Waals surface area contributed by atoms with Crippen molar-refractivity contribution in [2.45, 2.75) is 26.3 Å². The van der Waals surface area contributed by atoms with Crippen LogP contribution in [-0.4, -0.2) is 15.8 Å². The fourth-order valence-electron chi connectivity index (χ4n) is 1.01. The van der Waals surface area contributed by atoms with Gasteiger partial charge in [-0.3, -0.25) is 4.79 Å². The molecule has 0 saturated heterocycles. The molecule has 0 saturated carbocycles. The molecule has 3 nitrogen and oxygen atoms in total. The maximum Gasteiger partial charge on any atom is 0.177 e. The fraction of sp³-hybridized carbons (Fsp3) is 0.500. The third kappa shape index (κ3) is 2.04. The molecule has 1 aromatic rings. The molecule has 12 heavy (non-hydrogen) atoms. The van der Waals surface area contributed by atoms with Gasteiger partial charge in [-0.05, 0) is 18.6 Å². The van der Waals surface area contributed by atoms with Crippen LogP contribution in [0.3, 0.4) is 0 Å². The topological polar surface area (TPSA) is 37.8 Å². The van der Waals surface area contributed by atoms with Crippen molar-refractivity contribution in [1.82, 2.24) is 9.55 Å². The molecular formula is C8H12N2OS. The summed E-state index contributed by atoms with van der Waals surface area (Å²) >= 11 is 5.00. The number of carbonyl (C=O) groups excluding carboxylic acids is 1. The van der Waals surface area contributed by atoms with Crippen LogP contribution in [0.15, 0.2) is 6.20 Å². The standard InChI is InChI=1S/C8H12N2OS/c1-2-3-4-10-5-7(6-11)9-8(10)12/h5-6H,2-4H2,1H3,(H,9,12). The highest BCUT2D eigenvalue weighted by molar-refractivity contribution is 7.71. The van der Waals surface area contributed by atoms with Crippen molar-refractivity contribution in [3.63, 3.8) is 0 Å². The molecule has 0 aliphatic carbocycles. The summed E-state index contributed by atoms with van der Waals surface area (Å²) in [6.07, 6.45) is 4.75. The van der Waals surface area contributed by atoms with Crippen LogP contribution in [-0.2, 0) is 6.54 Å². The Morgan fingerprint density at radius 2 is 2.50 bits per heavy atom. The highest BCUT2D eigenvalue weighted by atomic mass is 32.1. The van der Waals surface area contributed by atoms with E-state index >= 15 is 0 Å². The van der Waals surface area contributed by atoms with Gasteiger partial charge >= 0.3 is 0 Å². The monoisotopic (exact) mass is 184 g/mol. The summed E-state index contributed by atoms with van der Waals surface area (Å²) in [5, 5.41) is 0. The maximum atomic E-state index is 10.4. The number of nitrogens with zero attached hydrogens (tertiary/aromatic N) is 1. The van der Waals surface area contributed by atoms with Gasteiger partial charge < -0.3 is 9.55 Å². The number of aldehydes is 1. The predicted octanol–water partition coefficient (Wildman–Crippen LogP) is 2.16. The van der Waals surface area contributed by atoms with Crippen molar-refractivity contribution in [1.29, 1.82) is 0 Å². The quantitative estimate of drug-likeness (QED) is 0.575. The van der Waals surface area contributed by atoms with Crippen molar-refractivity contribution in [3.8, 4) is 0 Å². The molecule has 0 bridgehead atoms. The van der Waals surface area contributed by atoms with Crippen LogP contribution in [0.1, 0.15) is 30.3 Å². The van der Waals surface area contributed by atoms with Crippen LogP contribution in [0, 0.1) is 4.77 Å². The van der Waals surface area contributed by atoms with Crippen LogP contribution in [0.4, 0.5) is 0 Å². The lowest BCUT2D eigenvalue weighted by Crippen LogP contribution is -1.94. The van der Waals surface area contributed by atoms with Gasteiger partial charge in [-0.1, -0.05) is 13.3 Å². The van der Waals surface area contributed by atoms with E-state index in [-0.39, 0.29) is 0 Å². The Kier molecular flexibility index (Phi) is 3.22. The molecule has 0 fully saturated rings. The second-order valence-corrected chi connectivity index (χ2v) is 3.07. The number of aromatic amines is 1. The van der Waals surface area contributed by atoms with Crippen LogP contribution in [0.25, 0.3) is 0 Å². The number of aromatic nitrogens is 2. The van der Waals surface area contributed by atoms with Gasteiger partial charge in [0.1, 0.15) is 0 Å². The molecule has 1 aromatic heterocycles. The van der Waals surface area contributed by atoms with Gasteiger partial charge in [0.05, 0.1) is 5.69 Å². The molecule has 0 aromatic carbocycles. The smallest absolute Gasteiger partial charge is 0.177 e. The zero-order chi connectivity index (χ0) is 8.97. The number of nitrogens with one attached hydrogen (secondary N) is 1. The lowest BCUT2D eigenvalue weighted by molar-refractivity contribution is 0.111. The van der Waals surface area contributed by atoms with Crippen LogP contribution < -0.4 is 0 Å². The van der Waals surface area contributed by atoms with Gasteiger partial charge in [0.15, 0.2) is 11.1 Å². The van der Waals surface area contributed by atoms with E-state index in [0.717, 1.165) is 25.7 Å². The lowest BCUT2D eigenvalue weighted by atomic mass is 10.3. The third-order valence-corrected chi connectivity index (χ3v) is 2.02. The van der Waals surface area contributed by atoms with E-state index in [1.54, 1.807) is 6.20 Å². The van der Waals surface area contributed by atoms with E-state index < -0.39 is 0 Å². The molecule has 1 heterocycles. The lowest BCUT2D eigenvalue weighted by Gasteiger charge is -1.97. The van der Waals surface area contributed by atoms with E-state index in [1.807, 2.05) is 4.57 Å². The molecule has 1 N–H and O–H groups in total. The van der Waals surface area contributed by atoms with E-state index in [4.69, 9.17) is 12.2 Å². The molecule has 0 amide bonds. The molecule has 0 spiro atoms. The van der Waals surface area contributed by atoms with E-state index in [2.05, 4.69) is 11.9 Å². The second-order valence-electron chi connectivity index (χ2n) is 2.68. The first-order valence-electron chi connectivity index (χ1n) is 4.02. The average Bonchev–Trinajstić information content (AvgIpc) is 2.43. The van der Waals surface area contributed by atoms with Crippen LogP contribution in [0.5, 0.6) is 0 Å². The Labute approximate surface area is 76.4 Å². The van der Waals surface area contributed by atoms with Crippen LogP contribution in [0.2, 0.25) is 0 Å². The Hall–Kier alpha value is -0.900. The minimum Gasteiger partial charge on any atom is -0.328 e. The SMILES string of the molecule is CCCCn1cc(C=O)[nH]c1=S. The highest BCUT2D eigenvalue weighted by Crippen LogP contribution is 1.99. The number of hydrogen-bond donors (Lipinski definition) is 1. The van der Waals surface area contributed by atoms with Crippen molar-refractivity contribution in [2.24, 2.45) is 0 Å². The Bertz CT molecular complexity index is 313. The second kappa shape index (κ2) is 4.21. The molecule has 0 aliphatic rings. The van der Waals surface area contributed by atoms with Gasteiger partial charge in [-0.15, -0.1) is 0 Å². The molecule has 0 radical (unpaired) electrons. The number of rotatable bonds is 4. The number of aryl methyl sites for hydroxylation is 1. The first-order valence-corrected chi connectivity index (χ1v) is 4.43. The number of H-pyrrole nitrogens is 1. The molecule has 4 heteroatoms. The number of unbranched alkanes of at least 4 members (excludes halogenated alkanes) is 1. The van der Waals surface area contributed by atoms with E-state index in [9.17, 15) is 4.79 Å². The Morgan fingerprint density at radius 1 is 1.75 bits per heavy atom. The molecule has 0 aliphatic heterocycles. The maximum absolute atomic E-state index is 10.4. The van der Waals surface area contributed by atoms with Crippen molar-refractivity contribution < 1.29 is 4.79 Å². The number of hydrogen-bond acceptors (Lipinski definition) is 2. The zero-order valence-corrected chi connectivity index (χ0v) is 7.86. The first kappa shape index (κ1) is 9.19. The van der Waals surface area contributed by atoms with Crippen LogP contribution >= 0.6 is 12.2 Å². The van der Waals surface area contributed by atoms with Crippen molar-refractivity contribution >= 4 is 18.5 Å². The summed E-state index contributed by atoms with van der Waals surface area (Å²) in [6.45, 7) is 3.01. The summed E-state index contributed by atoms with van der Waals surface area (Å²) in [5.74, 6) is 0. The number of carbonyl (C=O) groups is 1. The Morgan fingerprint density at radius 3 is 3.00 bits per heavy atom. The van der Waals surface area contributed by atoms with Gasteiger partial charge in [0.25, 0.3) is 0 Å². The summed E-state index contributed by atoms with van der Waals surface area (Å²) in [6, 6.07) is 0. The normalized spacial score (nSPS) is 10.1.